The van der Waals surface area contributed by atoms with Crippen LogP contribution in [0.1, 0.15) is 24.5 Å². The zero-order valence-corrected chi connectivity index (χ0v) is 14.0. The highest BCUT2D eigenvalue weighted by Gasteiger charge is 2.40. The van der Waals surface area contributed by atoms with Gasteiger partial charge in [0, 0.05) is 12.6 Å². The zero-order chi connectivity index (χ0) is 19.4. The van der Waals surface area contributed by atoms with Crippen molar-refractivity contribution in [3.05, 3.63) is 29.1 Å². The predicted octanol–water partition coefficient (Wildman–Crippen LogP) is 2.84. The van der Waals surface area contributed by atoms with Crippen molar-refractivity contribution in [2.45, 2.75) is 38.9 Å². The van der Waals surface area contributed by atoms with Gasteiger partial charge in [0.2, 0.25) is 11.1 Å². The number of hydrogen-bond acceptors (Lipinski definition) is 3. The molecule has 0 aliphatic heterocycles. The van der Waals surface area contributed by atoms with E-state index in [9.17, 15) is 31.9 Å². The number of carbonyl (C=O) groups is 3. The van der Waals surface area contributed by atoms with Crippen molar-refractivity contribution >= 4 is 34.3 Å². The lowest BCUT2D eigenvalue weighted by Gasteiger charge is -2.17. The Balaban J connectivity index is 2.92. The summed E-state index contributed by atoms with van der Waals surface area (Å²) < 4.78 is 50.7. The van der Waals surface area contributed by atoms with Gasteiger partial charge in [0.15, 0.2) is 0 Å². The second-order valence-corrected chi connectivity index (χ2v) is 5.66. The summed E-state index contributed by atoms with van der Waals surface area (Å²) in [6.45, 7) is 2.67. The maximum absolute atomic E-state index is 13.9. The predicted molar refractivity (Wildman–Crippen MR) is 82.6 cm³/mol. The fourth-order valence-electron chi connectivity index (χ4n) is 2.05. The van der Waals surface area contributed by atoms with Crippen molar-refractivity contribution < 1.29 is 31.9 Å². The molecule has 0 unspecified atom stereocenters. The molecule has 2 amide bonds. The summed E-state index contributed by atoms with van der Waals surface area (Å²) in [5.74, 6) is -3.35. The average molecular weight is 383 g/mol. The molecule has 0 fully saturated rings. The number of rotatable bonds is 6. The fraction of sp³-hybridized carbons (Fsp3) is 0.400. The molecule has 2 N–H and O–H groups in total. The van der Waals surface area contributed by atoms with Gasteiger partial charge < -0.3 is 10.6 Å². The molecule has 1 rings (SSSR count). The van der Waals surface area contributed by atoms with Gasteiger partial charge in [-0.2, -0.15) is 13.2 Å². The summed E-state index contributed by atoms with van der Waals surface area (Å²) in [5.41, 5.74) is 0.726. The monoisotopic (exact) mass is 382 g/mol. The summed E-state index contributed by atoms with van der Waals surface area (Å²) in [6.07, 6.45) is -5.47. The molecule has 25 heavy (non-hydrogen) atoms. The number of anilines is 1. The SMILES string of the molecule is CC(=O)Nc1cc(F)c(C)c(CC[C@H](NC(=O)C(F)(F)F)C(=O)Cl)c1. The highest BCUT2D eigenvalue weighted by atomic mass is 35.5. The maximum Gasteiger partial charge on any atom is 0.471 e. The molecule has 0 heterocycles. The standard InChI is InChI=1S/C15H15ClF4N2O3/c1-7-9(5-10(6-11(7)17)21-8(2)23)3-4-12(13(16)24)22-14(25)15(18,19)20/h5-6,12H,3-4H2,1-2H3,(H,21,23)(H,22,25)/t12-/m0/s1. The summed E-state index contributed by atoms with van der Waals surface area (Å²) >= 11 is 5.22. The molecular formula is C15H15ClF4N2O3. The Hall–Kier alpha value is -2.16. The van der Waals surface area contributed by atoms with Crippen molar-refractivity contribution in [2.24, 2.45) is 0 Å². The number of amides is 2. The molecule has 0 spiro atoms. The lowest BCUT2D eigenvalue weighted by molar-refractivity contribution is -0.174. The Morgan fingerprint density at radius 1 is 1.24 bits per heavy atom. The van der Waals surface area contributed by atoms with Gasteiger partial charge in [-0.1, -0.05) is 0 Å². The van der Waals surface area contributed by atoms with Crippen LogP contribution < -0.4 is 10.6 Å². The third kappa shape index (κ3) is 6.33. The van der Waals surface area contributed by atoms with E-state index >= 15 is 0 Å². The molecule has 0 aliphatic carbocycles. The van der Waals surface area contributed by atoms with Crippen LogP contribution in [0, 0.1) is 12.7 Å². The minimum Gasteiger partial charge on any atom is -0.337 e. The highest BCUT2D eigenvalue weighted by molar-refractivity contribution is 6.64. The number of aryl methyl sites for hydroxylation is 1. The van der Waals surface area contributed by atoms with E-state index in [4.69, 9.17) is 11.6 Å². The topological polar surface area (TPSA) is 75.3 Å². The van der Waals surface area contributed by atoms with Gasteiger partial charge >= 0.3 is 12.1 Å². The van der Waals surface area contributed by atoms with Crippen LogP contribution >= 0.6 is 11.6 Å². The number of benzene rings is 1. The number of hydrogen-bond donors (Lipinski definition) is 2. The third-order valence-electron chi connectivity index (χ3n) is 3.31. The van der Waals surface area contributed by atoms with Crippen LogP contribution in [-0.2, 0) is 20.8 Å². The van der Waals surface area contributed by atoms with Gasteiger partial charge in [-0.3, -0.25) is 14.4 Å². The Labute approximate surface area is 145 Å². The lowest BCUT2D eigenvalue weighted by Crippen LogP contribution is -2.45. The van der Waals surface area contributed by atoms with E-state index in [1.54, 1.807) is 0 Å². The van der Waals surface area contributed by atoms with Gasteiger partial charge in [0.05, 0.1) is 0 Å². The quantitative estimate of drug-likeness (QED) is 0.587. The van der Waals surface area contributed by atoms with Crippen LogP contribution in [-0.4, -0.2) is 29.3 Å². The summed E-state index contributed by atoms with van der Waals surface area (Å²) in [7, 11) is 0. The summed E-state index contributed by atoms with van der Waals surface area (Å²) in [4.78, 5) is 33.2. The third-order valence-corrected chi connectivity index (χ3v) is 3.57. The molecule has 0 aliphatic rings. The second-order valence-electron chi connectivity index (χ2n) is 5.29. The molecular weight excluding hydrogens is 368 g/mol. The summed E-state index contributed by atoms with van der Waals surface area (Å²) in [5, 5.41) is 2.71. The van der Waals surface area contributed by atoms with E-state index in [0.29, 0.717) is 5.56 Å². The lowest BCUT2D eigenvalue weighted by atomic mass is 10.00. The molecule has 0 radical (unpaired) electrons. The molecule has 10 heteroatoms. The number of nitrogens with one attached hydrogen (secondary N) is 2. The van der Waals surface area contributed by atoms with Crippen LogP contribution in [0.5, 0.6) is 0 Å². The van der Waals surface area contributed by atoms with E-state index in [1.807, 2.05) is 0 Å². The number of carbonyl (C=O) groups excluding carboxylic acids is 3. The van der Waals surface area contributed by atoms with Crippen molar-refractivity contribution in [3.63, 3.8) is 0 Å². The van der Waals surface area contributed by atoms with Gasteiger partial charge in [-0.15, -0.1) is 0 Å². The first-order valence-corrected chi connectivity index (χ1v) is 7.43. The normalized spacial score (nSPS) is 12.4. The first-order chi connectivity index (χ1) is 11.4. The van der Waals surface area contributed by atoms with Gasteiger partial charge in [-0.25, -0.2) is 4.39 Å². The van der Waals surface area contributed by atoms with E-state index < -0.39 is 35.1 Å². The van der Waals surface area contributed by atoms with E-state index in [0.717, 1.165) is 6.07 Å². The molecule has 138 valence electrons. The van der Waals surface area contributed by atoms with Gasteiger partial charge in [-0.05, 0) is 54.6 Å². The van der Waals surface area contributed by atoms with Crippen LogP contribution in [0.25, 0.3) is 0 Å². The molecule has 0 bridgehead atoms. The molecule has 0 saturated carbocycles. The molecule has 1 aromatic rings. The minimum absolute atomic E-state index is 0.0442. The molecule has 0 saturated heterocycles. The van der Waals surface area contributed by atoms with Crippen molar-refractivity contribution in [1.29, 1.82) is 0 Å². The summed E-state index contributed by atoms with van der Waals surface area (Å²) in [6, 6.07) is 0.944. The molecule has 5 nitrogen and oxygen atoms in total. The Morgan fingerprint density at radius 3 is 2.32 bits per heavy atom. The van der Waals surface area contributed by atoms with Crippen LogP contribution in [0.15, 0.2) is 12.1 Å². The van der Waals surface area contributed by atoms with Crippen molar-refractivity contribution in [1.82, 2.24) is 5.32 Å². The van der Waals surface area contributed by atoms with Gasteiger partial charge in [0.1, 0.15) is 11.9 Å². The van der Waals surface area contributed by atoms with Crippen molar-refractivity contribution in [3.8, 4) is 0 Å². The zero-order valence-electron chi connectivity index (χ0n) is 13.3. The Kier molecular flexibility index (Phi) is 6.92. The average Bonchev–Trinajstić information content (AvgIpc) is 2.45. The van der Waals surface area contributed by atoms with Crippen molar-refractivity contribution in [2.75, 3.05) is 5.32 Å². The van der Waals surface area contributed by atoms with E-state index in [-0.39, 0.29) is 24.1 Å². The Bertz CT molecular complexity index is 692. The first-order valence-electron chi connectivity index (χ1n) is 7.05. The molecule has 1 atom stereocenters. The highest BCUT2D eigenvalue weighted by Crippen LogP contribution is 2.22. The first kappa shape index (κ1) is 20.9. The minimum atomic E-state index is -5.15. The van der Waals surface area contributed by atoms with Crippen LogP contribution in [0.4, 0.5) is 23.2 Å². The number of alkyl halides is 3. The fourth-order valence-corrected chi connectivity index (χ4v) is 2.22. The van der Waals surface area contributed by atoms with Gasteiger partial charge in [0.25, 0.3) is 0 Å². The Morgan fingerprint density at radius 2 is 1.84 bits per heavy atom. The van der Waals surface area contributed by atoms with Crippen LogP contribution in [0.3, 0.4) is 0 Å². The van der Waals surface area contributed by atoms with Crippen LogP contribution in [0.2, 0.25) is 0 Å². The van der Waals surface area contributed by atoms with E-state index in [1.165, 1.54) is 25.2 Å². The second kappa shape index (κ2) is 8.28. The molecule has 0 aromatic heterocycles. The largest absolute Gasteiger partial charge is 0.471 e. The number of halogens is 5. The smallest absolute Gasteiger partial charge is 0.337 e. The van der Waals surface area contributed by atoms with E-state index in [2.05, 4.69) is 5.32 Å². The molecule has 1 aromatic carbocycles. The maximum atomic E-state index is 13.9.